The Morgan fingerprint density at radius 3 is 2.57 bits per heavy atom. The predicted molar refractivity (Wildman–Crippen MR) is 72.2 cm³/mol. The van der Waals surface area contributed by atoms with E-state index in [9.17, 15) is 18.0 Å². The number of carbonyl (C=O) groups excluding carboxylic acids is 1. The highest BCUT2D eigenvalue weighted by atomic mass is 32.2. The second kappa shape index (κ2) is 7.17. The molecule has 1 aromatic rings. The molecule has 1 aliphatic rings. The Bertz CT molecular complexity index is 467. The molecule has 0 radical (unpaired) electrons. The first-order valence-corrected chi connectivity index (χ1v) is 7.40. The molecule has 1 atom stereocenters. The van der Waals surface area contributed by atoms with E-state index in [1.807, 2.05) is 0 Å². The van der Waals surface area contributed by atoms with Gasteiger partial charge in [-0.15, -0.1) is 0 Å². The third-order valence-corrected chi connectivity index (χ3v) is 3.74. The molecule has 1 aromatic carbocycles. The molecule has 3 nitrogen and oxygen atoms in total. The van der Waals surface area contributed by atoms with Crippen molar-refractivity contribution in [3.8, 4) is 0 Å². The van der Waals surface area contributed by atoms with Crippen molar-refractivity contribution in [2.45, 2.75) is 35.8 Å². The first-order valence-electron chi connectivity index (χ1n) is 6.58. The highest BCUT2D eigenvalue weighted by Gasteiger charge is 2.29. The Kier molecular flexibility index (Phi) is 5.52. The lowest BCUT2D eigenvalue weighted by Crippen LogP contribution is -2.25. The average Bonchev–Trinajstić information content (AvgIpc) is 2.45. The van der Waals surface area contributed by atoms with Crippen molar-refractivity contribution in [2.24, 2.45) is 0 Å². The molecule has 1 aliphatic heterocycles. The second-order valence-corrected chi connectivity index (χ2v) is 5.80. The van der Waals surface area contributed by atoms with Crippen molar-refractivity contribution in [3.05, 3.63) is 29.8 Å². The Morgan fingerprint density at radius 1 is 1.29 bits per heavy atom. The summed E-state index contributed by atoms with van der Waals surface area (Å²) in [6.45, 7) is 0.851. The van der Waals surface area contributed by atoms with Gasteiger partial charge in [-0.3, -0.25) is 0 Å². The van der Waals surface area contributed by atoms with Crippen LogP contribution in [0.4, 0.5) is 13.2 Å². The predicted octanol–water partition coefficient (Wildman–Crippen LogP) is 4.02. The number of benzene rings is 1. The van der Waals surface area contributed by atoms with Gasteiger partial charge >= 0.3 is 11.5 Å². The highest BCUT2D eigenvalue weighted by molar-refractivity contribution is 8.00. The van der Waals surface area contributed by atoms with Gasteiger partial charge in [-0.2, -0.15) is 13.2 Å². The van der Waals surface area contributed by atoms with E-state index >= 15 is 0 Å². The zero-order valence-corrected chi connectivity index (χ0v) is 12.0. The number of esters is 1. The van der Waals surface area contributed by atoms with Crippen LogP contribution in [0.1, 0.15) is 29.6 Å². The number of rotatable bonds is 4. The second-order valence-electron chi connectivity index (χ2n) is 4.66. The Labute approximate surface area is 124 Å². The molecule has 116 valence electrons. The Morgan fingerprint density at radius 2 is 2.00 bits per heavy atom. The molecule has 1 saturated heterocycles. The fourth-order valence-electron chi connectivity index (χ4n) is 1.98. The summed E-state index contributed by atoms with van der Waals surface area (Å²) < 4.78 is 47.1. The van der Waals surface area contributed by atoms with Crippen LogP contribution in [0.2, 0.25) is 0 Å². The molecule has 0 saturated carbocycles. The minimum Gasteiger partial charge on any atom is -0.459 e. The van der Waals surface area contributed by atoms with Crippen LogP contribution in [-0.2, 0) is 9.47 Å². The van der Waals surface area contributed by atoms with E-state index in [1.165, 1.54) is 24.3 Å². The van der Waals surface area contributed by atoms with Crippen LogP contribution in [0.5, 0.6) is 0 Å². The zero-order chi connectivity index (χ0) is 15.3. The van der Waals surface area contributed by atoms with E-state index < -0.39 is 11.5 Å². The number of hydrogen-bond donors (Lipinski definition) is 0. The van der Waals surface area contributed by atoms with Gasteiger partial charge in [-0.1, -0.05) is 0 Å². The number of alkyl halides is 3. The lowest BCUT2D eigenvalue weighted by molar-refractivity contribution is -0.0328. The third-order valence-electron chi connectivity index (χ3n) is 3.00. The minimum atomic E-state index is -4.33. The normalized spacial score (nSPS) is 19.3. The maximum Gasteiger partial charge on any atom is 0.446 e. The molecule has 1 fully saturated rings. The molecule has 0 spiro atoms. The van der Waals surface area contributed by atoms with Crippen molar-refractivity contribution < 1.29 is 27.4 Å². The number of ether oxygens (including phenoxy) is 2. The van der Waals surface area contributed by atoms with Crippen LogP contribution in [-0.4, -0.2) is 30.8 Å². The number of halogens is 3. The van der Waals surface area contributed by atoms with Gasteiger partial charge in [0.25, 0.3) is 0 Å². The van der Waals surface area contributed by atoms with E-state index in [0.717, 1.165) is 19.3 Å². The smallest absolute Gasteiger partial charge is 0.446 e. The van der Waals surface area contributed by atoms with Gasteiger partial charge in [0.1, 0.15) is 6.61 Å². The monoisotopic (exact) mass is 320 g/mol. The zero-order valence-electron chi connectivity index (χ0n) is 11.2. The quantitative estimate of drug-likeness (QED) is 0.620. The van der Waals surface area contributed by atoms with E-state index in [2.05, 4.69) is 0 Å². The number of carbonyl (C=O) groups is 1. The molecule has 0 bridgehead atoms. The standard InChI is InChI=1S/C14H15F3O3S/c15-14(16,17)21-12-6-4-10(5-7-12)13(18)20-9-11-3-1-2-8-19-11/h4-7,11H,1-3,8-9H2. The van der Waals surface area contributed by atoms with E-state index in [0.29, 0.717) is 6.61 Å². The molecule has 21 heavy (non-hydrogen) atoms. The lowest BCUT2D eigenvalue weighted by atomic mass is 10.1. The van der Waals surface area contributed by atoms with Gasteiger partial charge in [0.15, 0.2) is 0 Å². The van der Waals surface area contributed by atoms with Crippen molar-refractivity contribution in [3.63, 3.8) is 0 Å². The van der Waals surface area contributed by atoms with Crippen molar-refractivity contribution >= 4 is 17.7 Å². The molecule has 1 heterocycles. The fraction of sp³-hybridized carbons (Fsp3) is 0.500. The topological polar surface area (TPSA) is 35.5 Å². The van der Waals surface area contributed by atoms with E-state index in [1.54, 1.807) is 0 Å². The summed E-state index contributed by atoms with van der Waals surface area (Å²) >= 11 is -0.215. The maximum atomic E-state index is 12.2. The molecule has 0 aliphatic carbocycles. The van der Waals surface area contributed by atoms with Gasteiger partial charge in [0.2, 0.25) is 0 Å². The van der Waals surface area contributed by atoms with Crippen LogP contribution >= 0.6 is 11.8 Å². The molecular weight excluding hydrogens is 305 g/mol. The first-order chi connectivity index (χ1) is 9.94. The molecule has 0 N–H and O–H groups in total. The summed E-state index contributed by atoms with van der Waals surface area (Å²) in [6.07, 6.45) is 2.84. The summed E-state index contributed by atoms with van der Waals surface area (Å²) in [5.74, 6) is -0.548. The Balaban J connectivity index is 1.84. The summed E-state index contributed by atoms with van der Waals surface area (Å²) in [7, 11) is 0. The van der Waals surface area contributed by atoms with Gasteiger partial charge in [-0.05, 0) is 55.3 Å². The van der Waals surface area contributed by atoms with Crippen LogP contribution in [0.25, 0.3) is 0 Å². The molecule has 2 rings (SSSR count). The van der Waals surface area contributed by atoms with E-state index in [4.69, 9.17) is 9.47 Å². The van der Waals surface area contributed by atoms with Gasteiger partial charge in [0, 0.05) is 11.5 Å². The molecule has 1 unspecified atom stereocenters. The van der Waals surface area contributed by atoms with Crippen LogP contribution in [0, 0.1) is 0 Å². The summed E-state index contributed by atoms with van der Waals surface area (Å²) in [5.41, 5.74) is -4.10. The van der Waals surface area contributed by atoms with Crippen molar-refractivity contribution in [1.29, 1.82) is 0 Å². The van der Waals surface area contributed by atoms with Gasteiger partial charge in [0.05, 0.1) is 11.7 Å². The Hall–Kier alpha value is -1.21. The maximum absolute atomic E-state index is 12.2. The fourth-order valence-corrected chi connectivity index (χ4v) is 2.52. The SMILES string of the molecule is O=C(OCC1CCCCO1)c1ccc(SC(F)(F)F)cc1. The van der Waals surface area contributed by atoms with Gasteiger partial charge < -0.3 is 9.47 Å². The molecular formula is C14H15F3O3S. The minimum absolute atomic E-state index is 0.0367. The summed E-state index contributed by atoms with van der Waals surface area (Å²) in [5, 5.41) is 0. The summed E-state index contributed by atoms with van der Waals surface area (Å²) in [6, 6.07) is 5.17. The number of hydrogen-bond acceptors (Lipinski definition) is 4. The number of thioether (sulfide) groups is 1. The average molecular weight is 320 g/mol. The first kappa shape index (κ1) is 16.2. The van der Waals surface area contributed by atoms with Gasteiger partial charge in [-0.25, -0.2) is 4.79 Å². The molecule has 0 aromatic heterocycles. The van der Waals surface area contributed by atoms with Crippen molar-refractivity contribution in [1.82, 2.24) is 0 Å². The lowest BCUT2D eigenvalue weighted by Gasteiger charge is -2.22. The van der Waals surface area contributed by atoms with Crippen LogP contribution < -0.4 is 0 Å². The van der Waals surface area contributed by atoms with E-state index in [-0.39, 0.29) is 34.9 Å². The molecule has 0 amide bonds. The summed E-state index contributed by atoms with van der Waals surface area (Å²) in [4.78, 5) is 11.8. The third kappa shape index (κ3) is 5.59. The van der Waals surface area contributed by atoms with Crippen molar-refractivity contribution in [2.75, 3.05) is 13.2 Å². The highest BCUT2D eigenvalue weighted by Crippen LogP contribution is 2.36. The van der Waals surface area contributed by atoms with Crippen LogP contribution in [0.15, 0.2) is 29.2 Å². The molecule has 7 heteroatoms. The van der Waals surface area contributed by atoms with Crippen LogP contribution in [0.3, 0.4) is 0 Å². The largest absolute Gasteiger partial charge is 0.459 e.